The molecule has 0 aromatic rings. The predicted molar refractivity (Wildman–Crippen MR) is 67.2 cm³/mol. The van der Waals surface area contributed by atoms with Crippen LogP contribution < -0.4 is 0 Å². The Bertz CT molecular complexity index is 353. The maximum absolute atomic E-state index is 9.78. The fraction of sp³-hybridized carbons (Fsp3) is 1.00. The summed E-state index contributed by atoms with van der Waals surface area (Å²) in [5.41, 5.74) is 0. The van der Waals surface area contributed by atoms with Gasteiger partial charge in [0.05, 0.1) is 19.3 Å². The molecule has 0 bridgehead atoms. The molecule has 2 aliphatic heterocycles. The fourth-order valence-electron chi connectivity index (χ4n) is 2.42. The molecule has 2 rings (SSSR count). The van der Waals surface area contributed by atoms with Crippen LogP contribution in [0.3, 0.4) is 0 Å². The lowest BCUT2D eigenvalue weighted by Crippen LogP contribution is -2.59. The van der Waals surface area contributed by atoms with E-state index in [4.69, 9.17) is 19.3 Å². The molecule has 0 unspecified atom stereocenters. The summed E-state index contributed by atoms with van der Waals surface area (Å²) < 4.78 is 15.3. The van der Waals surface area contributed by atoms with Crippen molar-refractivity contribution in [1.82, 2.24) is 0 Å². The van der Waals surface area contributed by atoms with Gasteiger partial charge in [0.15, 0.2) is 12.6 Å². The van der Waals surface area contributed by atoms with Gasteiger partial charge in [-0.2, -0.15) is 0 Å². The third kappa shape index (κ3) is 3.74. The molecular formula is C12H22O10. The molecule has 2 fully saturated rings. The van der Waals surface area contributed by atoms with E-state index in [0.717, 1.165) is 0 Å². The van der Waals surface area contributed by atoms with E-state index in [1.807, 2.05) is 0 Å². The Morgan fingerprint density at radius 2 is 1.50 bits per heavy atom. The lowest BCUT2D eigenvalue weighted by Gasteiger charge is -2.41. The van der Waals surface area contributed by atoms with Crippen molar-refractivity contribution in [2.75, 3.05) is 13.2 Å². The summed E-state index contributed by atoms with van der Waals surface area (Å²) in [7, 11) is 0. The van der Waals surface area contributed by atoms with Crippen molar-refractivity contribution in [1.29, 1.82) is 0 Å². The van der Waals surface area contributed by atoms with Crippen LogP contribution in [0, 0.1) is 0 Å². The molecule has 7 N–H and O–H groups in total. The minimum absolute atomic E-state index is 0.107. The first-order chi connectivity index (χ1) is 10.3. The van der Waals surface area contributed by atoms with Crippen LogP contribution in [0.5, 0.6) is 0 Å². The van der Waals surface area contributed by atoms with Crippen molar-refractivity contribution >= 4 is 0 Å². The minimum atomic E-state index is -1.57. The van der Waals surface area contributed by atoms with E-state index in [1.54, 1.807) is 0 Å². The van der Waals surface area contributed by atoms with Crippen LogP contribution in [0.1, 0.15) is 6.42 Å². The van der Waals surface area contributed by atoms with Gasteiger partial charge in [-0.15, -0.1) is 0 Å². The number of aliphatic hydroxyl groups excluding tert-OH is 7. The van der Waals surface area contributed by atoms with E-state index in [9.17, 15) is 30.6 Å². The normalized spacial score (nSPS) is 50.0. The number of hydrogen-bond donors (Lipinski definition) is 7. The van der Waals surface area contributed by atoms with E-state index in [1.165, 1.54) is 0 Å². The second-order valence-corrected chi connectivity index (χ2v) is 5.47. The maximum Gasteiger partial charge on any atom is 0.186 e. The Hall–Kier alpha value is -0.400. The third-order valence-corrected chi connectivity index (χ3v) is 3.83. The summed E-state index contributed by atoms with van der Waals surface area (Å²) >= 11 is 0. The maximum atomic E-state index is 9.78. The minimum Gasteiger partial charge on any atom is -0.394 e. The average Bonchev–Trinajstić information content (AvgIpc) is 2.49. The van der Waals surface area contributed by atoms with Crippen LogP contribution >= 0.6 is 0 Å². The molecule has 2 heterocycles. The van der Waals surface area contributed by atoms with Crippen LogP contribution in [0.4, 0.5) is 0 Å². The number of hydrogen-bond acceptors (Lipinski definition) is 10. The van der Waals surface area contributed by atoms with Gasteiger partial charge in [-0.3, -0.25) is 0 Å². The quantitative estimate of drug-likeness (QED) is 0.268. The molecule has 2 saturated heterocycles. The van der Waals surface area contributed by atoms with Crippen LogP contribution in [0.25, 0.3) is 0 Å². The number of rotatable bonds is 4. The average molecular weight is 326 g/mol. The Morgan fingerprint density at radius 3 is 2.14 bits per heavy atom. The smallest absolute Gasteiger partial charge is 0.186 e. The van der Waals surface area contributed by atoms with Gasteiger partial charge in [0.1, 0.15) is 36.6 Å². The summed E-state index contributed by atoms with van der Waals surface area (Å²) in [6.45, 7) is -0.883. The van der Waals surface area contributed by atoms with Gasteiger partial charge in [0.2, 0.25) is 0 Å². The summed E-state index contributed by atoms with van der Waals surface area (Å²) in [5, 5.41) is 66.5. The Kier molecular flexibility index (Phi) is 6.07. The van der Waals surface area contributed by atoms with Gasteiger partial charge in [-0.25, -0.2) is 0 Å². The molecule has 0 radical (unpaired) electrons. The predicted octanol–water partition coefficient (Wildman–Crippen LogP) is -4.37. The van der Waals surface area contributed by atoms with Crippen molar-refractivity contribution in [2.45, 2.75) is 61.7 Å². The molecule has 2 aliphatic rings. The van der Waals surface area contributed by atoms with Crippen molar-refractivity contribution in [2.24, 2.45) is 0 Å². The Balaban J connectivity index is 1.90. The topological polar surface area (TPSA) is 169 Å². The second kappa shape index (κ2) is 7.45. The summed E-state index contributed by atoms with van der Waals surface area (Å²) in [6, 6.07) is 0. The molecule has 10 heteroatoms. The van der Waals surface area contributed by atoms with Gasteiger partial charge in [0, 0.05) is 6.42 Å². The van der Waals surface area contributed by atoms with Crippen molar-refractivity contribution < 1.29 is 50.0 Å². The summed E-state index contributed by atoms with van der Waals surface area (Å²) in [6.07, 6.45) is -11.9. The fourth-order valence-corrected chi connectivity index (χ4v) is 2.42. The molecule has 130 valence electrons. The molecular weight excluding hydrogens is 304 g/mol. The van der Waals surface area contributed by atoms with Crippen LogP contribution in [0.15, 0.2) is 0 Å². The molecule has 10 nitrogen and oxygen atoms in total. The zero-order chi connectivity index (χ0) is 16.4. The van der Waals surface area contributed by atoms with E-state index in [-0.39, 0.29) is 13.0 Å². The number of ether oxygens (including phenoxy) is 3. The molecule has 9 atom stereocenters. The largest absolute Gasteiger partial charge is 0.394 e. The molecule has 22 heavy (non-hydrogen) atoms. The highest BCUT2D eigenvalue weighted by Crippen LogP contribution is 2.24. The van der Waals surface area contributed by atoms with Crippen molar-refractivity contribution in [3.05, 3.63) is 0 Å². The van der Waals surface area contributed by atoms with Crippen LogP contribution in [0.2, 0.25) is 0 Å². The highest BCUT2D eigenvalue weighted by molar-refractivity contribution is 4.89. The van der Waals surface area contributed by atoms with Crippen molar-refractivity contribution in [3.8, 4) is 0 Å². The Labute approximate surface area is 126 Å². The molecule has 0 aromatic heterocycles. The highest BCUT2D eigenvalue weighted by Gasteiger charge is 2.45. The van der Waals surface area contributed by atoms with Crippen LogP contribution in [-0.2, 0) is 14.2 Å². The van der Waals surface area contributed by atoms with E-state index >= 15 is 0 Å². The lowest BCUT2D eigenvalue weighted by atomic mass is 9.99. The summed E-state index contributed by atoms with van der Waals surface area (Å²) in [5.74, 6) is 0. The zero-order valence-corrected chi connectivity index (χ0v) is 11.7. The number of aliphatic hydroxyl groups is 7. The van der Waals surface area contributed by atoms with Gasteiger partial charge >= 0.3 is 0 Å². The highest BCUT2D eigenvalue weighted by atomic mass is 16.7. The lowest BCUT2D eigenvalue weighted by molar-refractivity contribution is -0.317. The third-order valence-electron chi connectivity index (χ3n) is 3.83. The van der Waals surface area contributed by atoms with Crippen LogP contribution in [-0.4, -0.2) is 104 Å². The van der Waals surface area contributed by atoms with E-state index in [0.29, 0.717) is 0 Å². The first kappa shape index (κ1) is 17.9. The SMILES string of the molecule is OC[C@H]1O[C@H](OC[C@H]2O[C@H](O)[C@@H](O)C[C@@H]2O)[C@@H](O)[C@@H](O)[C@@H]1O. The van der Waals surface area contributed by atoms with Gasteiger partial charge in [-0.05, 0) is 0 Å². The second-order valence-electron chi connectivity index (χ2n) is 5.47. The van der Waals surface area contributed by atoms with Gasteiger partial charge in [-0.1, -0.05) is 0 Å². The summed E-state index contributed by atoms with van der Waals surface area (Å²) in [4.78, 5) is 0. The van der Waals surface area contributed by atoms with E-state index < -0.39 is 61.9 Å². The van der Waals surface area contributed by atoms with Gasteiger partial charge in [0.25, 0.3) is 0 Å². The molecule has 0 aromatic carbocycles. The molecule has 0 aliphatic carbocycles. The standard InChI is InChI=1S/C12H22O10/c13-2-6-8(16)9(17)10(18)12(22-6)20-3-7-4(14)1-5(15)11(19)21-7/h4-19H,1-3H2/t4-,5-,6+,7+,8+,9-,10-,11-,12-/m0/s1. The first-order valence-corrected chi connectivity index (χ1v) is 6.97. The Morgan fingerprint density at radius 1 is 0.818 bits per heavy atom. The monoisotopic (exact) mass is 326 g/mol. The van der Waals surface area contributed by atoms with E-state index in [2.05, 4.69) is 0 Å². The molecule has 0 spiro atoms. The zero-order valence-electron chi connectivity index (χ0n) is 11.7. The first-order valence-electron chi connectivity index (χ1n) is 6.97. The molecule has 0 saturated carbocycles. The van der Waals surface area contributed by atoms with Gasteiger partial charge < -0.3 is 50.0 Å². The van der Waals surface area contributed by atoms with Crippen molar-refractivity contribution in [3.63, 3.8) is 0 Å². The molecule has 0 amide bonds.